The Kier molecular flexibility index (Phi) is 6.51. The normalized spacial score (nSPS) is 27.3. The van der Waals surface area contributed by atoms with Gasteiger partial charge in [-0.05, 0) is 68.9 Å². The van der Waals surface area contributed by atoms with E-state index in [1.165, 1.54) is 28.7 Å². The average molecular weight is 287 g/mol. The van der Waals surface area contributed by atoms with Crippen molar-refractivity contribution in [2.45, 2.75) is 60.8 Å². The highest BCUT2D eigenvalue weighted by Gasteiger charge is 2.25. The van der Waals surface area contributed by atoms with Crippen LogP contribution in [0.3, 0.4) is 0 Å². The molecule has 1 rings (SSSR count). The smallest absolute Gasteiger partial charge is 0.0320 e. The summed E-state index contributed by atoms with van der Waals surface area (Å²) in [4.78, 5) is 0. The van der Waals surface area contributed by atoms with Gasteiger partial charge < -0.3 is 5.73 Å². The second kappa shape index (κ2) is 7.68. The highest BCUT2D eigenvalue weighted by molar-refractivity contribution is 5.51. The first-order valence-electron chi connectivity index (χ1n) is 8.28. The molecule has 2 N–H and O–H groups in total. The SMILES string of the molecule is C=C(N)C1=C(C=C(C)C)C(CC)C(C)CC(C)CC=C1C. The molecule has 1 aliphatic rings. The first-order chi connectivity index (χ1) is 9.77. The molecule has 0 saturated heterocycles. The van der Waals surface area contributed by atoms with Crippen LogP contribution in [0.2, 0.25) is 0 Å². The molecule has 3 unspecified atom stereocenters. The number of nitrogens with two attached hydrogens (primary N) is 1. The van der Waals surface area contributed by atoms with Crippen LogP contribution in [-0.4, -0.2) is 0 Å². The lowest BCUT2D eigenvalue weighted by Crippen LogP contribution is -2.18. The van der Waals surface area contributed by atoms with E-state index < -0.39 is 0 Å². The Labute approximate surface area is 131 Å². The van der Waals surface area contributed by atoms with Gasteiger partial charge in [-0.2, -0.15) is 0 Å². The molecule has 0 aromatic carbocycles. The summed E-state index contributed by atoms with van der Waals surface area (Å²) in [5.74, 6) is 1.95. The Morgan fingerprint density at radius 2 is 2.00 bits per heavy atom. The van der Waals surface area contributed by atoms with Gasteiger partial charge in [0.1, 0.15) is 0 Å². The van der Waals surface area contributed by atoms with Crippen LogP contribution in [0.4, 0.5) is 0 Å². The van der Waals surface area contributed by atoms with E-state index in [9.17, 15) is 0 Å². The topological polar surface area (TPSA) is 26.0 Å². The van der Waals surface area contributed by atoms with Gasteiger partial charge in [0.25, 0.3) is 0 Å². The highest BCUT2D eigenvalue weighted by Crippen LogP contribution is 2.37. The summed E-state index contributed by atoms with van der Waals surface area (Å²) in [5.41, 5.74) is 12.1. The van der Waals surface area contributed by atoms with Crippen molar-refractivity contribution in [3.63, 3.8) is 0 Å². The molecule has 0 amide bonds. The maximum atomic E-state index is 6.17. The van der Waals surface area contributed by atoms with E-state index in [1.807, 2.05) is 0 Å². The van der Waals surface area contributed by atoms with E-state index in [0.29, 0.717) is 17.5 Å². The van der Waals surface area contributed by atoms with Crippen LogP contribution in [0.15, 0.2) is 46.7 Å². The van der Waals surface area contributed by atoms with Crippen molar-refractivity contribution in [2.24, 2.45) is 23.5 Å². The lowest BCUT2D eigenvalue weighted by atomic mass is 9.77. The van der Waals surface area contributed by atoms with Crippen LogP contribution in [-0.2, 0) is 0 Å². The monoisotopic (exact) mass is 287 g/mol. The molecule has 0 aromatic heterocycles. The zero-order valence-corrected chi connectivity index (χ0v) is 14.8. The summed E-state index contributed by atoms with van der Waals surface area (Å²) in [6, 6.07) is 0. The largest absolute Gasteiger partial charge is 0.399 e. The van der Waals surface area contributed by atoms with Gasteiger partial charge in [0, 0.05) is 11.3 Å². The van der Waals surface area contributed by atoms with E-state index >= 15 is 0 Å². The van der Waals surface area contributed by atoms with E-state index in [-0.39, 0.29) is 0 Å². The third-order valence-corrected chi connectivity index (χ3v) is 4.58. The van der Waals surface area contributed by atoms with Gasteiger partial charge in [-0.3, -0.25) is 0 Å². The molecule has 0 heterocycles. The molecule has 0 spiro atoms. The molecule has 1 aliphatic carbocycles. The number of allylic oxidation sites excluding steroid dienone is 5. The first-order valence-corrected chi connectivity index (χ1v) is 8.28. The number of hydrogen-bond donors (Lipinski definition) is 1. The van der Waals surface area contributed by atoms with Crippen molar-refractivity contribution in [2.75, 3.05) is 0 Å². The molecule has 118 valence electrons. The minimum absolute atomic E-state index is 0.555. The van der Waals surface area contributed by atoms with Crippen LogP contribution in [0.5, 0.6) is 0 Å². The predicted octanol–water partition coefficient (Wildman–Crippen LogP) is 5.76. The summed E-state index contributed by atoms with van der Waals surface area (Å²) in [5, 5.41) is 0. The van der Waals surface area contributed by atoms with Crippen molar-refractivity contribution >= 4 is 0 Å². The summed E-state index contributed by atoms with van der Waals surface area (Å²) in [6.07, 6.45) is 8.22. The minimum Gasteiger partial charge on any atom is -0.399 e. The Bertz CT molecular complexity index is 472. The second-order valence-corrected chi connectivity index (χ2v) is 7.03. The minimum atomic E-state index is 0.555. The van der Waals surface area contributed by atoms with E-state index in [4.69, 9.17) is 5.73 Å². The third-order valence-electron chi connectivity index (χ3n) is 4.58. The molecule has 0 aromatic rings. The second-order valence-electron chi connectivity index (χ2n) is 7.03. The van der Waals surface area contributed by atoms with Crippen LogP contribution in [0.1, 0.15) is 60.8 Å². The standard InChI is InChI=1S/C20H33N/c1-8-18-16(6)12-14(4)9-10-15(5)20(17(7)21)19(18)11-13(2)3/h10-11,14,16,18H,7-9,12,21H2,1-6H3. The zero-order valence-electron chi connectivity index (χ0n) is 14.8. The fourth-order valence-corrected chi connectivity index (χ4v) is 3.65. The molecular formula is C20H33N. The van der Waals surface area contributed by atoms with Crippen molar-refractivity contribution in [3.05, 3.63) is 46.7 Å². The van der Waals surface area contributed by atoms with Crippen LogP contribution < -0.4 is 5.73 Å². The zero-order chi connectivity index (χ0) is 16.2. The van der Waals surface area contributed by atoms with Gasteiger partial charge >= 0.3 is 0 Å². The van der Waals surface area contributed by atoms with Gasteiger partial charge in [-0.1, -0.05) is 45.1 Å². The Morgan fingerprint density at radius 1 is 1.38 bits per heavy atom. The lowest BCUT2D eigenvalue weighted by molar-refractivity contribution is 0.326. The summed E-state index contributed by atoms with van der Waals surface area (Å²) in [6.45, 7) is 17.6. The van der Waals surface area contributed by atoms with E-state index in [1.54, 1.807) is 0 Å². The Balaban J connectivity index is 3.56. The predicted molar refractivity (Wildman–Crippen MR) is 94.9 cm³/mol. The Morgan fingerprint density at radius 3 is 2.48 bits per heavy atom. The first kappa shape index (κ1) is 17.8. The highest BCUT2D eigenvalue weighted by atomic mass is 14.6. The summed E-state index contributed by atoms with van der Waals surface area (Å²) >= 11 is 0. The molecule has 0 saturated carbocycles. The molecular weight excluding hydrogens is 254 g/mol. The number of hydrogen-bond acceptors (Lipinski definition) is 1. The molecule has 1 nitrogen and oxygen atoms in total. The van der Waals surface area contributed by atoms with Gasteiger partial charge in [0.2, 0.25) is 0 Å². The third kappa shape index (κ3) is 4.62. The molecule has 0 aliphatic heterocycles. The van der Waals surface area contributed by atoms with Crippen LogP contribution in [0.25, 0.3) is 0 Å². The molecule has 1 heteroatoms. The fraction of sp³-hybridized carbons (Fsp3) is 0.600. The van der Waals surface area contributed by atoms with Crippen LogP contribution in [0, 0.1) is 17.8 Å². The van der Waals surface area contributed by atoms with Gasteiger partial charge in [-0.15, -0.1) is 0 Å². The van der Waals surface area contributed by atoms with Crippen molar-refractivity contribution < 1.29 is 0 Å². The summed E-state index contributed by atoms with van der Waals surface area (Å²) < 4.78 is 0. The quantitative estimate of drug-likeness (QED) is 0.701. The van der Waals surface area contributed by atoms with Crippen molar-refractivity contribution in [3.8, 4) is 0 Å². The van der Waals surface area contributed by atoms with E-state index in [0.717, 1.165) is 18.8 Å². The maximum absolute atomic E-state index is 6.17. The average Bonchev–Trinajstić information content (AvgIpc) is 2.38. The van der Waals surface area contributed by atoms with Crippen molar-refractivity contribution in [1.82, 2.24) is 0 Å². The lowest BCUT2D eigenvalue weighted by Gasteiger charge is -2.28. The molecule has 0 radical (unpaired) electrons. The van der Waals surface area contributed by atoms with Gasteiger partial charge in [-0.25, -0.2) is 0 Å². The maximum Gasteiger partial charge on any atom is 0.0320 e. The molecule has 0 fully saturated rings. The van der Waals surface area contributed by atoms with Gasteiger partial charge in [0.15, 0.2) is 0 Å². The van der Waals surface area contributed by atoms with Gasteiger partial charge in [0.05, 0.1) is 0 Å². The van der Waals surface area contributed by atoms with Crippen molar-refractivity contribution in [1.29, 1.82) is 0 Å². The fourth-order valence-electron chi connectivity index (χ4n) is 3.65. The molecule has 3 atom stereocenters. The molecule has 0 bridgehead atoms. The molecule has 21 heavy (non-hydrogen) atoms. The summed E-state index contributed by atoms with van der Waals surface area (Å²) in [7, 11) is 0. The number of rotatable bonds is 3. The van der Waals surface area contributed by atoms with E-state index in [2.05, 4.69) is 60.3 Å². The Hall–Kier alpha value is -1.24. The van der Waals surface area contributed by atoms with Crippen LogP contribution >= 0.6 is 0 Å².